The molecule has 0 saturated heterocycles. The van der Waals surface area contributed by atoms with Crippen LogP contribution in [0.2, 0.25) is 0 Å². The zero-order chi connectivity index (χ0) is 15.2. The molecule has 0 spiro atoms. The van der Waals surface area contributed by atoms with Crippen molar-refractivity contribution in [3.8, 4) is 11.5 Å². The molecule has 110 valence electrons. The fourth-order valence-corrected chi connectivity index (χ4v) is 1.82. The predicted octanol–water partition coefficient (Wildman–Crippen LogP) is 3.20. The van der Waals surface area contributed by atoms with E-state index in [-0.39, 0.29) is 12.4 Å². The van der Waals surface area contributed by atoms with Gasteiger partial charge in [0.05, 0.1) is 19.8 Å². The van der Waals surface area contributed by atoms with E-state index in [1.165, 1.54) is 32.4 Å². The first kappa shape index (κ1) is 14.8. The van der Waals surface area contributed by atoms with Crippen molar-refractivity contribution in [2.24, 2.45) is 0 Å². The van der Waals surface area contributed by atoms with E-state index in [0.29, 0.717) is 22.6 Å². The minimum absolute atomic E-state index is 0.200. The molecule has 0 heterocycles. The number of hydrogen-bond acceptors (Lipinski definition) is 4. The molecule has 0 atom stereocenters. The number of carbonyl (C=O) groups is 1. The molecule has 0 unspecified atom stereocenters. The van der Waals surface area contributed by atoms with Gasteiger partial charge in [0.1, 0.15) is 12.4 Å². The monoisotopic (exact) mass is 290 g/mol. The average molecular weight is 290 g/mol. The third-order valence-corrected chi connectivity index (χ3v) is 2.87. The number of carbonyl (C=O) groups excluding carboxylic acids is 1. The second-order valence-corrected chi connectivity index (χ2v) is 4.28. The molecule has 0 aliphatic heterocycles. The Morgan fingerprint density at radius 3 is 2.57 bits per heavy atom. The lowest BCUT2D eigenvalue weighted by molar-refractivity contribution is 0.0600. The van der Waals surface area contributed by atoms with Gasteiger partial charge in [-0.15, -0.1) is 0 Å². The molecule has 5 heteroatoms. The van der Waals surface area contributed by atoms with E-state index in [0.717, 1.165) is 0 Å². The van der Waals surface area contributed by atoms with Gasteiger partial charge in [0, 0.05) is 0 Å². The van der Waals surface area contributed by atoms with Gasteiger partial charge in [-0.1, -0.05) is 12.1 Å². The molecule has 0 radical (unpaired) electrons. The fraction of sp³-hybridized carbons (Fsp3) is 0.188. The zero-order valence-electron chi connectivity index (χ0n) is 11.8. The summed E-state index contributed by atoms with van der Waals surface area (Å²) < 4.78 is 28.5. The van der Waals surface area contributed by atoms with Crippen molar-refractivity contribution in [1.29, 1.82) is 0 Å². The largest absolute Gasteiger partial charge is 0.493 e. The summed E-state index contributed by atoms with van der Waals surface area (Å²) >= 11 is 0. The van der Waals surface area contributed by atoms with Crippen molar-refractivity contribution in [3.05, 3.63) is 59.4 Å². The lowest BCUT2D eigenvalue weighted by Crippen LogP contribution is -2.03. The van der Waals surface area contributed by atoms with E-state index in [4.69, 9.17) is 9.47 Å². The maximum atomic E-state index is 13.1. The SMILES string of the molecule is COC(=O)c1ccc(OCc2cccc(F)c2)c(OC)c1. The van der Waals surface area contributed by atoms with Crippen LogP contribution in [0.3, 0.4) is 0 Å². The van der Waals surface area contributed by atoms with E-state index in [1.807, 2.05) is 0 Å². The molecule has 4 nitrogen and oxygen atoms in total. The van der Waals surface area contributed by atoms with Gasteiger partial charge in [-0.25, -0.2) is 9.18 Å². The minimum atomic E-state index is -0.454. The van der Waals surface area contributed by atoms with Crippen LogP contribution in [0, 0.1) is 5.82 Å². The number of methoxy groups -OCH3 is 2. The molecule has 0 N–H and O–H groups in total. The van der Waals surface area contributed by atoms with Crippen LogP contribution >= 0.6 is 0 Å². The Morgan fingerprint density at radius 2 is 1.90 bits per heavy atom. The van der Waals surface area contributed by atoms with Crippen LogP contribution in [-0.4, -0.2) is 20.2 Å². The third kappa shape index (κ3) is 3.72. The summed E-state index contributed by atoms with van der Waals surface area (Å²) in [6.45, 7) is 0.200. The van der Waals surface area contributed by atoms with Gasteiger partial charge in [0.15, 0.2) is 11.5 Å². The van der Waals surface area contributed by atoms with Crippen molar-refractivity contribution in [2.75, 3.05) is 14.2 Å². The molecule has 0 aliphatic rings. The molecule has 2 aromatic carbocycles. The number of benzene rings is 2. The van der Waals surface area contributed by atoms with Crippen molar-refractivity contribution < 1.29 is 23.4 Å². The van der Waals surface area contributed by atoms with Crippen LogP contribution in [0.15, 0.2) is 42.5 Å². The van der Waals surface area contributed by atoms with Gasteiger partial charge in [0.2, 0.25) is 0 Å². The first-order valence-electron chi connectivity index (χ1n) is 6.27. The van der Waals surface area contributed by atoms with Gasteiger partial charge >= 0.3 is 5.97 Å². The molecular formula is C16H15FO4. The van der Waals surface area contributed by atoms with Crippen molar-refractivity contribution in [3.63, 3.8) is 0 Å². The molecule has 0 aromatic heterocycles. The maximum absolute atomic E-state index is 13.1. The summed E-state index contributed by atoms with van der Waals surface area (Å²) in [6, 6.07) is 10.9. The zero-order valence-corrected chi connectivity index (χ0v) is 11.8. The Hall–Kier alpha value is -2.56. The third-order valence-electron chi connectivity index (χ3n) is 2.87. The molecule has 0 aliphatic carbocycles. The Kier molecular flexibility index (Phi) is 4.77. The fourth-order valence-electron chi connectivity index (χ4n) is 1.82. The number of ether oxygens (including phenoxy) is 3. The summed E-state index contributed by atoms with van der Waals surface area (Å²) in [5.74, 6) is 0.109. The van der Waals surface area contributed by atoms with Crippen LogP contribution in [0.4, 0.5) is 4.39 Å². The Balaban J connectivity index is 2.14. The number of rotatable bonds is 5. The summed E-state index contributed by atoms with van der Waals surface area (Å²) in [6.07, 6.45) is 0. The molecule has 21 heavy (non-hydrogen) atoms. The lowest BCUT2D eigenvalue weighted by Gasteiger charge is -2.11. The predicted molar refractivity (Wildman–Crippen MR) is 75.1 cm³/mol. The number of esters is 1. The highest BCUT2D eigenvalue weighted by molar-refractivity contribution is 5.90. The molecule has 2 aromatic rings. The molecule has 0 fully saturated rings. The van der Waals surface area contributed by atoms with E-state index in [9.17, 15) is 9.18 Å². The first-order chi connectivity index (χ1) is 10.1. The lowest BCUT2D eigenvalue weighted by atomic mass is 10.2. The molecular weight excluding hydrogens is 275 g/mol. The van der Waals surface area contributed by atoms with E-state index in [1.54, 1.807) is 24.3 Å². The van der Waals surface area contributed by atoms with Crippen LogP contribution in [0.5, 0.6) is 11.5 Å². The second-order valence-electron chi connectivity index (χ2n) is 4.28. The number of halogens is 1. The van der Waals surface area contributed by atoms with E-state index < -0.39 is 5.97 Å². The van der Waals surface area contributed by atoms with Gasteiger partial charge in [0.25, 0.3) is 0 Å². The Labute approximate surface area is 122 Å². The smallest absolute Gasteiger partial charge is 0.337 e. The molecule has 0 amide bonds. The van der Waals surface area contributed by atoms with Crippen molar-refractivity contribution >= 4 is 5.97 Å². The Morgan fingerprint density at radius 1 is 1.10 bits per heavy atom. The first-order valence-corrected chi connectivity index (χ1v) is 6.27. The summed E-state index contributed by atoms with van der Waals surface area (Å²) in [5.41, 5.74) is 1.07. The van der Waals surface area contributed by atoms with E-state index >= 15 is 0 Å². The highest BCUT2D eigenvalue weighted by Gasteiger charge is 2.11. The van der Waals surface area contributed by atoms with Crippen LogP contribution in [-0.2, 0) is 11.3 Å². The maximum Gasteiger partial charge on any atom is 0.337 e. The molecule has 2 rings (SSSR count). The van der Waals surface area contributed by atoms with Crippen molar-refractivity contribution in [2.45, 2.75) is 6.61 Å². The van der Waals surface area contributed by atoms with E-state index in [2.05, 4.69) is 4.74 Å². The van der Waals surface area contributed by atoms with Crippen LogP contribution < -0.4 is 9.47 Å². The second kappa shape index (κ2) is 6.74. The standard InChI is InChI=1S/C16H15FO4/c1-19-15-9-12(16(18)20-2)6-7-14(15)21-10-11-4-3-5-13(17)8-11/h3-9H,10H2,1-2H3. The molecule has 0 saturated carbocycles. The average Bonchev–Trinajstić information content (AvgIpc) is 2.52. The summed E-state index contributed by atoms with van der Waals surface area (Å²) in [7, 11) is 2.79. The van der Waals surface area contributed by atoms with Gasteiger partial charge in [-0.2, -0.15) is 0 Å². The van der Waals surface area contributed by atoms with Gasteiger partial charge in [-0.05, 0) is 35.9 Å². The van der Waals surface area contributed by atoms with Gasteiger partial charge in [-0.3, -0.25) is 0 Å². The van der Waals surface area contributed by atoms with Crippen LogP contribution in [0.1, 0.15) is 15.9 Å². The Bertz CT molecular complexity index is 640. The summed E-state index contributed by atoms with van der Waals surface area (Å²) in [5, 5.41) is 0. The minimum Gasteiger partial charge on any atom is -0.493 e. The highest BCUT2D eigenvalue weighted by atomic mass is 19.1. The van der Waals surface area contributed by atoms with Crippen molar-refractivity contribution in [1.82, 2.24) is 0 Å². The normalized spacial score (nSPS) is 10.0. The van der Waals surface area contributed by atoms with Crippen LogP contribution in [0.25, 0.3) is 0 Å². The number of hydrogen-bond donors (Lipinski definition) is 0. The summed E-state index contributed by atoms with van der Waals surface area (Å²) in [4.78, 5) is 11.4. The molecule has 0 bridgehead atoms. The van der Waals surface area contributed by atoms with Gasteiger partial charge < -0.3 is 14.2 Å². The topological polar surface area (TPSA) is 44.8 Å². The quantitative estimate of drug-likeness (QED) is 0.793. The highest BCUT2D eigenvalue weighted by Crippen LogP contribution is 2.29.